The van der Waals surface area contributed by atoms with Crippen LogP contribution in [0.5, 0.6) is 5.75 Å². The first kappa shape index (κ1) is 32.0. The summed E-state index contributed by atoms with van der Waals surface area (Å²) in [7, 11) is 0. The summed E-state index contributed by atoms with van der Waals surface area (Å²) in [4.78, 5) is 17.3. The number of nitrogens with zero attached hydrogens (tertiary/aromatic N) is 2. The lowest BCUT2D eigenvalue weighted by Crippen LogP contribution is -2.46. The van der Waals surface area contributed by atoms with E-state index in [1.165, 1.54) is 12.3 Å². The molecule has 1 aromatic heterocycles. The van der Waals surface area contributed by atoms with Crippen LogP contribution in [-0.2, 0) is 25.4 Å². The first-order chi connectivity index (χ1) is 20.2. The zero-order chi connectivity index (χ0) is 30.1. The van der Waals surface area contributed by atoms with Crippen LogP contribution in [0.3, 0.4) is 0 Å². The molecule has 1 aromatic carbocycles. The molecule has 10 heteroatoms. The van der Waals surface area contributed by atoms with E-state index in [9.17, 15) is 13.6 Å². The van der Waals surface area contributed by atoms with Crippen LogP contribution < -0.4 is 4.74 Å². The second kappa shape index (κ2) is 15.0. The van der Waals surface area contributed by atoms with E-state index in [0.29, 0.717) is 51.6 Å². The van der Waals surface area contributed by atoms with E-state index < -0.39 is 24.3 Å². The van der Waals surface area contributed by atoms with Crippen LogP contribution in [0.2, 0.25) is 0 Å². The van der Waals surface area contributed by atoms with Gasteiger partial charge in [0, 0.05) is 25.6 Å². The van der Waals surface area contributed by atoms with Crippen LogP contribution in [0.4, 0.5) is 13.2 Å². The summed E-state index contributed by atoms with van der Waals surface area (Å²) >= 11 is 0. The topological polar surface area (TPSA) is 70.1 Å². The highest BCUT2D eigenvalue weighted by Crippen LogP contribution is 2.49. The van der Waals surface area contributed by atoms with Gasteiger partial charge in [-0.25, -0.2) is 18.0 Å². The van der Waals surface area contributed by atoms with Crippen molar-refractivity contribution in [3.8, 4) is 5.75 Å². The fourth-order valence-corrected chi connectivity index (χ4v) is 5.68. The van der Waals surface area contributed by atoms with Gasteiger partial charge in [0.25, 0.3) is 5.92 Å². The molecule has 0 amide bonds. The summed E-state index contributed by atoms with van der Waals surface area (Å²) in [5.41, 5.74) is 4.49. The van der Waals surface area contributed by atoms with E-state index in [0.717, 1.165) is 48.5 Å². The number of carbonyl (C=O) groups excluding carboxylic acids is 1. The number of fused-ring (bicyclic) bond motifs is 2. The van der Waals surface area contributed by atoms with Gasteiger partial charge in [-0.05, 0) is 68.2 Å². The molecule has 0 saturated heterocycles. The number of carbonyl (C=O) groups is 1. The summed E-state index contributed by atoms with van der Waals surface area (Å²) < 4.78 is 65.4. The van der Waals surface area contributed by atoms with Gasteiger partial charge in [0.05, 0.1) is 50.9 Å². The van der Waals surface area contributed by atoms with Gasteiger partial charge in [0.15, 0.2) is 0 Å². The fraction of sp³-hybridized carbons (Fsp3) is 0.562. The third-order valence-electron chi connectivity index (χ3n) is 7.50. The largest absolute Gasteiger partial charge is 0.492 e. The van der Waals surface area contributed by atoms with Gasteiger partial charge < -0.3 is 18.9 Å². The predicted octanol–water partition coefficient (Wildman–Crippen LogP) is 6.17. The lowest BCUT2D eigenvalue weighted by Gasteiger charge is -2.42. The number of hydrogen-bond acceptors (Lipinski definition) is 7. The van der Waals surface area contributed by atoms with Crippen LogP contribution in [0.15, 0.2) is 42.1 Å². The minimum atomic E-state index is -2.93. The molecule has 42 heavy (non-hydrogen) atoms. The number of benzene rings is 1. The summed E-state index contributed by atoms with van der Waals surface area (Å²) in [5, 5.41) is 0. The van der Waals surface area contributed by atoms with Crippen LogP contribution in [0.1, 0.15) is 69.3 Å². The number of hydrogen-bond donors (Lipinski definition) is 0. The van der Waals surface area contributed by atoms with Crippen molar-refractivity contribution >= 4 is 11.5 Å². The summed E-state index contributed by atoms with van der Waals surface area (Å²) in [5.74, 6) is -3.57. The summed E-state index contributed by atoms with van der Waals surface area (Å²) in [6.45, 7) is 6.00. The number of unbranched alkanes of at least 4 members (excludes halogenated alkanes) is 2. The van der Waals surface area contributed by atoms with Gasteiger partial charge in [0.1, 0.15) is 18.2 Å². The van der Waals surface area contributed by atoms with Crippen molar-refractivity contribution in [3.05, 3.63) is 64.7 Å². The Hall–Kier alpha value is -2.95. The van der Waals surface area contributed by atoms with Crippen molar-refractivity contribution in [1.82, 2.24) is 9.88 Å². The van der Waals surface area contributed by atoms with Crippen LogP contribution in [0.25, 0.3) is 5.57 Å². The molecule has 0 N–H and O–H groups in total. The number of esters is 1. The number of alkyl halides is 2. The zero-order valence-electron chi connectivity index (χ0n) is 24.7. The molecule has 0 spiro atoms. The number of aromatic nitrogens is 1. The van der Waals surface area contributed by atoms with Gasteiger partial charge in [-0.2, -0.15) is 0 Å². The van der Waals surface area contributed by atoms with E-state index in [4.69, 9.17) is 18.9 Å². The Kier molecular flexibility index (Phi) is 11.4. The SMILES string of the molecule is CCOC(=O)COCCOCCCCCOc1cnc([C@@H]2C3=C(C[C@@H](C)N2CC(C)(F)F)c2ccccc2C3)c(F)c1. The molecule has 2 aromatic rings. The van der Waals surface area contributed by atoms with Crippen molar-refractivity contribution in [2.24, 2.45) is 0 Å². The maximum atomic E-state index is 15.6. The molecule has 0 bridgehead atoms. The average Bonchev–Trinajstić information content (AvgIpc) is 3.30. The van der Waals surface area contributed by atoms with Crippen molar-refractivity contribution in [2.75, 3.05) is 46.2 Å². The van der Waals surface area contributed by atoms with Crippen molar-refractivity contribution < 1.29 is 36.9 Å². The maximum Gasteiger partial charge on any atom is 0.332 e. The molecular formula is C32H41F3N2O5. The van der Waals surface area contributed by atoms with Crippen molar-refractivity contribution in [3.63, 3.8) is 0 Å². The Morgan fingerprint density at radius 1 is 1.10 bits per heavy atom. The zero-order valence-corrected chi connectivity index (χ0v) is 24.7. The van der Waals surface area contributed by atoms with Gasteiger partial charge in [-0.3, -0.25) is 9.88 Å². The molecule has 230 valence electrons. The second-order valence-electron chi connectivity index (χ2n) is 11.0. The Bertz CT molecular complexity index is 1230. The number of ether oxygens (including phenoxy) is 4. The normalized spacial score (nSPS) is 18.6. The third-order valence-corrected chi connectivity index (χ3v) is 7.50. The molecule has 2 heterocycles. The fourth-order valence-electron chi connectivity index (χ4n) is 5.68. The Labute approximate surface area is 246 Å². The van der Waals surface area contributed by atoms with E-state index in [1.807, 2.05) is 25.1 Å². The van der Waals surface area contributed by atoms with Gasteiger partial charge in [-0.15, -0.1) is 0 Å². The first-order valence-corrected chi connectivity index (χ1v) is 14.7. The standard InChI is InChI=1S/C32H41F3N2O5/c1-4-41-29(38)20-40-15-14-39-12-8-5-9-13-42-24-18-28(33)30(36-19-24)31-27-17-23-10-6-7-11-25(23)26(27)16-22(2)37(31)21-32(3,34)35/h6-7,10-11,18-19,22,31H,4-5,8-9,12-17,20-21H2,1-3H3/t22-,31+/m1/s1. The Morgan fingerprint density at radius 3 is 2.62 bits per heavy atom. The molecule has 2 aliphatic rings. The van der Waals surface area contributed by atoms with Crippen LogP contribution >= 0.6 is 0 Å². The lowest BCUT2D eigenvalue weighted by atomic mass is 9.86. The van der Waals surface area contributed by atoms with E-state index in [1.54, 1.807) is 11.8 Å². The Morgan fingerprint density at radius 2 is 1.86 bits per heavy atom. The lowest BCUT2D eigenvalue weighted by molar-refractivity contribution is -0.148. The quantitative estimate of drug-likeness (QED) is 0.171. The maximum absolute atomic E-state index is 15.6. The monoisotopic (exact) mass is 590 g/mol. The van der Waals surface area contributed by atoms with Crippen molar-refractivity contribution in [1.29, 1.82) is 0 Å². The van der Waals surface area contributed by atoms with Gasteiger partial charge in [0.2, 0.25) is 0 Å². The molecular weight excluding hydrogens is 549 g/mol. The van der Waals surface area contributed by atoms with Crippen molar-refractivity contribution in [2.45, 2.75) is 70.9 Å². The van der Waals surface area contributed by atoms with E-state index >= 15 is 4.39 Å². The second-order valence-corrected chi connectivity index (χ2v) is 11.0. The minimum absolute atomic E-state index is 0.0785. The van der Waals surface area contributed by atoms with Crippen LogP contribution in [0, 0.1) is 5.82 Å². The highest BCUT2D eigenvalue weighted by molar-refractivity contribution is 5.78. The highest BCUT2D eigenvalue weighted by atomic mass is 19.3. The summed E-state index contributed by atoms with van der Waals surface area (Å²) in [6, 6.07) is 8.48. The molecule has 7 nitrogen and oxygen atoms in total. The van der Waals surface area contributed by atoms with E-state index in [2.05, 4.69) is 11.1 Å². The molecule has 0 fully saturated rings. The number of rotatable bonds is 16. The Balaban J connectivity index is 1.29. The molecule has 0 unspecified atom stereocenters. The first-order valence-electron chi connectivity index (χ1n) is 14.7. The molecule has 2 atom stereocenters. The molecule has 0 radical (unpaired) electrons. The number of pyridine rings is 1. The molecule has 1 aliphatic carbocycles. The number of halogens is 3. The third kappa shape index (κ3) is 8.55. The molecule has 1 aliphatic heterocycles. The highest BCUT2D eigenvalue weighted by Gasteiger charge is 2.43. The minimum Gasteiger partial charge on any atom is -0.492 e. The van der Waals surface area contributed by atoms with Gasteiger partial charge >= 0.3 is 5.97 Å². The average molecular weight is 591 g/mol. The molecule has 4 rings (SSSR count). The smallest absolute Gasteiger partial charge is 0.332 e. The summed E-state index contributed by atoms with van der Waals surface area (Å²) in [6.07, 6.45) is 5.15. The van der Waals surface area contributed by atoms with E-state index in [-0.39, 0.29) is 24.3 Å². The van der Waals surface area contributed by atoms with Gasteiger partial charge in [-0.1, -0.05) is 24.3 Å². The van der Waals surface area contributed by atoms with Crippen LogP contribution in [-0.4, -0.2) is 74.0 Å². The predicted molar refractivity (Wildman–Crippen MR) is 153 cm³/mol. The molecule has 0 saturated carbocycles.